The van der Waals surface area contributed by atoms with Crippen LogP contribution < -0.4 is 5.32 Å². The lowest BCUT2D eigenvalue weighted by atomic mass is 10.1. The van der Waals surface area contributed by atoms with Gasteiger partial charge in [0.15, 0.2) is 0 Å². The summed E-state index contributed by atoms with van der Waals surface area (Å²) in [5.41, 5.74) is 0. The van der Waals surface area contributed by atoms with Crippen LogP contribution in [0.1, 0.15) is 33.1 Å². The van der Waals surface area contributed by atoms with Gasteiger partial charge in [0.1, 0.15) is 6.10 Å². The lowest BCUT2D eigenvalue weighted by Gasteiger charge is -2.16. The zero-order chi connectivity index (χ0) is 9.84. The van der Waals surface area contributed by atoms with Crippen molar-refractivity contribution in [2.24, 2.45) is 5.92 Å². The highest BCUT2D eigenvalue weighted by molar-refractivity contribution is 5.80. The molecule has 0 heterocycles. The average molecular weight is 185 g/mol. The highest BCUT2D eigenvalue weighted by atomic mass is 16.5. The Morgan fingerprint density at radius 3 is 2.62 bits per heavy atom. The quantitative estimate of drug-likeness (QED) is 0.701. The van der Waals surface area contributed by atoms with Crippen LogP contribution in [0, 0.1) is 5.92 Å². The van der Waals surface area contributed by atoms with Crippen molar-refractivity contribution in [1.29, 1.82) is 0 Å². The van der Waals surface area contributed by atoms with Gasteiger partial charge in [0.25, 0.3) is 0 Å². The van der Waals surface area contributed by atoms with Crippen LogP contribution in [0.25, 0.3) is 0 Å². The highest BCUT2D eigenvalue weighted by Crippen LogP contribution is 2.33. The Balaban J connectivity index is 2.17. The molecule has 0 aliphatic heterocycles. The van der Waals surface area contributed by atoms with Crippen molar-refractivity contribution in [3.8, 4) is 0 Å². The second-order valence-electron chi connectivity index (χ2n) is 3.97. The van der Waals surface area contributed by atoms with Crippen molar-refractivity contribution in [1.82, 2.24) is 5.32 Å². The topological polar surface area (TPSA) is 38.3 Å². The van der Waals surface area contributed by atoms with Crippen LogP contribution >= 0.6 is 0 Å². The van der Waals surface area contributed by atoms with Crippen molar-refractivity contribution in [2.75, 3.05) is 7.11 Å². The molecule has 0 bridgehead atoms. The van der Waals surface area contributed by atoms with Gasteiger partial charge in [0.05, 0.1) is 0 Å². The summed E-state index contributed by atoms with van der Waals surface area (Å²) in [6, 6.07) is 0.289. The minimum Gasteiger partial charge on any atom is -0.372 e. The first-order valence-corrected chi connectivity index (χ1v) is 4.96. The minimum atomic E-state index is -0.332. The number of hydrogen-bond donors (Lipinski definition) is 1. The molecule has 1 amide bonds. The molecule has 0 radical (unpaired) electrons. The monoisotopic (exact) mass is 185 g/mol. The van der Waals surface area contributed by atoms with Gasteiger partial charge >= 0.3 is 0 Å². The van der Waals surface area contributed by atoms with E-state index in [0.29, 0.717) is 0 Å². The van der Waals surface area contributed by atoms with Crippen LogP contribution in [-0.4, -0.2) is 25.2 Å². The third-order valence-corrected chi connectivity index (χ3v) is 2.50. The molecule has 2 atom stereocenters. The van der Waals surface area contributed by atoms with Gasteiger partial charge < -0.3 is 10.1 Å². The summed E-state index contributed by atoms with van der Waals surface area (Å²) in [6.07, 6.45) is 3.45. The molecule has 76 valence electrons. The van der Waals surface area contributed by atoms with Crippen LogP contribution in [0.3, 0.4) is 0 Å². The Hall–Kier alpha value is -0.570. The van der Waals surface area contributed by atoms with Crippen molar-refractivity contribution in [3.63, 3.8) is 0 Å². The van der Waals surface area contributed by atoms with E-state index >= 15 is 0 Å². The molecule has 13 heavy (non-hydrogen) atoms. The Bertz CT molecular complexity index is 178. The van der Waals surface area contributed by atoms with E-state index in [1.807, 2.05) is 0 Å². The molecule has 0 aromatic heterocycles. The van der Waals surface area contributed by atoms with Gasteiger partial charge in [-0.3, -0.25) is 4.79 Å². The lowest BCUT2D eigenvalue weighted by molar-refractivity contribution is -0.130. The maximum absolute atomic E-state index is 11.4. The number of methoxy groups -OCH3 is 1. The number of carbonyl (C=O) groups is 1. The standard InChI is InChI=1S/C10H19NO2/c1-7(6-9-4-5-9)11-10(12)8(2)13-3/h7-9H,4-6H2,1-3H3,(H,11,12). The highest BCUT2D eigenvalue weighted by Gasteiger charge is 2.24. The van der Waals surface area contributed by atoms with E-state index in [1.54, 1.807) is 14.0 Å². The zero-order valence-corrected chi connectivity index (χ0v) is 8.67. The van der Waals surface area contributed by atoms with Crippen molar-refractivity contribution in [2.45, 2.75) is 45.3 Å². The van der Waals surface area contributed by atoms with E-state index in [2.05, 4.69) is 12.2 Å². The van der Waals surface area contributed by atoms with Crippen LogP contribution in [-0.2, 0) is 9.53 Å². The van der Waals surface area contributed by atoms with Crippen molar-refractivity contribution in [3.05, 3.63) is 0 Å². The number of amides is 1. The Morgan fingerprint density at radius 2 is 2.15 bits per heavy atom. The Kier molecular flexibility index (Phi) is 3.72. The maximum atomic E-state index is 11.4. The molecule has 0 aromatic carbocycles. The summed E-state index contributed by atoms with van der Waals surface area (Å²) in [4.78, 5) is 11.4. The number of hydrogen-bond acceptors (Lipinski definition) is 2. The van der Waals surface area contributed by atoms with Crippen LogP contribution in [0.4, 0.5) is 0 Å². The fraction of sp³-hybridized carbons (Fsp3) is 0.900. The maximum Gasteiger partial charge on any atom is 0.249 e. The molecule has 1 fully saturated rings. The first kappa shape index (κ1) is 10.5. The number of rotatable bonds is 5. The third kappa shape index (κ3) is 3.77. The summed E-state index contributed by atoms with van der Waals surface area (Å²) in [6.45, 7) is 3.82. The largest absolute Gasteiger partial charge is 0.372 e. The molecule has 2 unspecified atom stereocenters. The second-order valence-corrected chi connectivity index (χ2v) is 3.97. The Morgan fingerprint density at radius 1 is 1.54 bits per heavy atom. The molecule has 0 spiro atoms. The minimum absolute atomic E-state index is 0.00403. The van der Waals surface area contributed by atoms with Gasteiger partial charge in [-0.1, -0.05) is 12.8 Å². The summed E-state index contributed by atoms with van der Waals surface area (Å²) in [5, 5.41) is 2.94. The first-order valence-electron chi connectivity index (χ1n) is 4.96. The van der Waals surface area contributed by atoms with Gasteiger partial charge in [0.2, 0.25) is 5.91 Å². The zero-order valence-electron chi connectivity index (χ0n) is 8.67. The SMILES string of the molecule is COC(C)C(=O)NC(C)CC1CC1. The van der Waals surface area contributed by atoms with Crippen LogP contribution in [0.5, 0.6) is 0 Å². The van der Waals surface area contributed by atoms with Gasteiger partial charge in [0, 0.05) is 13.2 Å². The van der Waals surface area contributed by atoms with Gasteiger partial charge in [-0.15, -0.1) is 0 Å². The van der Waals surface area contributed by atoms with E-state index in [1.165, 1.54) is 12.8 Å². The average Bonchev–Trinajstić information content (AvgIpc) is 2.86. The normalized spacial score (nSPS) is 20.8. The van der Waals surface area contributed by atoms with Crippen molar-refractivity contribution >= 4 is 5.91 Å². The fourth-order valence-electron chi connectivity index (χ4n) is 1.38. The summed E-state index contributed by atoms with van der Waals surface area (Å²) >= 11 is 0. The fourth-order valence-corrected chi connectivity index (χ4v) is 1.38. The predicted octanol–water partition coefficient (Wildman–Crippen LogP) is 1.33. The Labute approximate surface area is 79.8 Å². The molecular formula is C10H19NO2. The number of nitrogens with one attached hydrogen (secondary N) is 1. The smallest absolute Gasteiger partial charge is 0.249 e. The van der Waals surface area contributed by atoms with Gasteiger partial charge in [-0.25, -0.2) is 0 Å². The molecule has 3 nitrogen and oxygen atoms in total. The van der Waals surface area contributed by atoms with Crippen molar-refractivity contribution < 1.29 is 9.53 Å². The molecular weight excluding hydrogens is 166 g/mol. The predicted molar refractivity (Wildman–Crippen MR) is 51.4 cm³/mol. The molecule has 3 heteroatoms. The summed E-state index contributed by atoms with van der Waals surface area (Å²) in [5.74, 6) is 0.851. The van der Waals surface area contributed by atoms with E-state index in [0.717, 1.165) is 12.3 Å². The van der Waals surface area contributed by atoms with Gasteiger partial charge in [-0.2, -0.15) is 0 Å². The third-order valence-electron chi connectivity index (χ3n) is 2.50. The number of ether oxygens (including phenoxy) is 1. The van der Waals surface area contributed by atoms with E-state index in [9.17, 15) is 4.79 Å². The van der Waals surface area contributed by atoms with Crippen LogP contribution in [0.2, 0.25) is 0 Å². The lowest BCUT2D eigenvalue weighted by Crippen LogP contribution is -2.39. The van der Waals surface area contributed by atoms with Gasteiger partial charge in [-0.05, 0) is 26.2 Å². The molecule has 1 aliphatic carbocycles. The summed E-state index contributed by atoms with van der Waals surface area (Å²) in [7, 11) is 1.55. The molecule has 1 saturated carbocycles. The second kappa shape index (κ2) is 4.61. The molecule has 1 rings (SSSR count). The molecule has 1 aliphatic rings. The molecule has 1 N–H and O–H groups in total. The first-order chi connectivity index (χ1) is 6.13. The molecule has 0 aromatic rings. The molecule has 0 saturated heterocycles. The van der Waals surface area contributed by atoms with E-state index < -0.39 is 0 Å². The van der Waals surface area contributed by atoms with Crippen LogP contribution in [0.15, 0.2) is 0 Å². The van der Waals surface area contributed by atoms with E-state index in [4.69, 9.17) is 4.74 Å². The summed E-state index contributed by atoms with van der Waals surface area (Å²) < 4.78 is 4.92. The van der Waals surface area contributed by atoms with E-state index in [-0.39, 0.29) is 18.1 Å². The number of carbonyl (C=O) groups excluding carboxylic acids is 1.